The van der Waals surface area contributed by atoms with Crippen LogP contribution in [0, 0.1) is 0 Å². The van der Waals surface area contributed by atoms with Crippen molar-refractivity contribution < 1.29 is 0 Å². The summed E-state index contributed by atoms with van der Waals surface area (Å²) in [5.41, 5.74) is 1.00. The predicted molar refractivity (Wildman–Crippen MR) is 105 cm³/mol. The van der Waals surface area contributed by atoms with E-state index in [1.807, 2.05) is 30.3 Å². The Morgan fingerprint density at radius 1 is 1.11 bits per heavy atom. The van der Waals surface area contributed by atoms with Crippen LogP contribution in [0.25, 0.3) is 16.9 Å². The van der Waals surface area contributed by atoms with Crippen molar-refractivity contribution in [3.05, 3.63) is 57.5 Å². The van der Waals surface area contributed by atoms with Gasteiger partial charge in [-0.25, -0.2) is 9.78 Å². The lowest BCUT2D eigenvalue weighted by molar-refractivity contribution is 0.594. The topological polar surface area (TPSA) is 105 Å². The molecule has 0 aliphatic heterocycles. The number of nitrogens with zero attached hydrogens (tertiary/aromatic N) is 8. The first kappa shape index (κ1) is 18.2. The molecule has 0 N–H and O–H groups in total. The largest absolute Gasteiger partial charge is 0.332 e. The summed E-state index contributed by atoms with van der Waals surface area (Å²) in [6.07, 6.45) is 2.15. The molecule has 3 aromatic heterocycles. The van der Waals surface area contributed by atoms with Crippen molar-refractivity contribution in [2.24, 2.45) is 14.1 Å². The van der Waals surface area contributed by atoms with Crippen LogP contribution in [0.4, 0.5) is 0 Å². The van der Waals surface area contributed by atoms with E-state index in [1.165, 1.54) is 27.2 Å². The number of imidazole rings is 1. The predicted octanol–water partition coefficient (Wildman–Crippen LogP) is 0.592. The standard InChI is InChI=1S/C17H18N8O2S/c1-22-11-18-14-13(22)15(26)24(17(27)23(14)2)9-6-10-28-16-19-20-21-25(16)12-7-4-3-5-8-12/h3-5,7-8,11H,6,9-10H2,1-2H3. The maximum atomic E-state index is 12.7. The van der Waals surface area contributed by atoms with Gasteiger partial charge in [0, 0.05) is 26.4 Å². The van der Waals surface area contributed by atoms with Gasteiger partial charge in [0.15, 0.2) is 11.2 Å². The van der Waals surface area contributed by atoms with E-state index in [0.717, 1.165) is 5.69 Å². The molecule has 0 saturated carbocycles. The number of hydrogen-bond acceptors (Lipinski definition) is 7. The lowest BCUT2D eigenvalue weighted by Crippen LogP contribution is -2.39. The van der Waals surface area contributed by atoms with Gasteiger partial charge >= 0.3 is 5.69 Å². The molecule has 0 fully saturated rings. The summed E-state index contributed by atoms with van der Waals surface area (Å²) in [5, 5.41) is 12.5. The van der Waals surface area contributed by atoms with Gasteiger partial charge in [-0.3, -0.25) is 13.9 Å². The van der Waals surface area contributed by atoms with Crippen LogP contribution in [0.1, 0.15) is 6.42 Å². The van der Waals surface area contributed by atoms with Crippen LogP contribution >= 0.6 is 11.8 Å². The third-order valence-corrected chi connectivity index (χ3v) is 5.41. The van der Waals surface area contributed by atoms with Gasteiger partial charge in [0.2, 0.25) is 5.16 Å². The third kappa shape index (κ3) is 3.13. The van der Waals surface area contributed by atoms with Crippen molar-refractivity contribution >= 4 is 22.9 Å². The van der Waals surface area contributed by atoms with Crippen LogP contribution in [-0.2, 0) is 20.6 Å². The summed E-state index contributed by atoms with van der Waals surface area (Å²) in [6.45, 7) is 0.312. The van der Waals surface area contributed by atoms with Crippen LogP contribution < -0.4 is 11.2 Å². The second-order valence-corrected chi connectivity index (χ2v) is 7.30. The fourth-order valence-electron chi connectivity index (χ4n) is 2.98. The molecule has 0 unspecified atom stereocenters. The van der Waals surface area contributed by atoms with Gasteiger partial charge in [-0.1, -0.05) is 30.0 Å². The van der Waals surface area contributed by atoms with Gasteiger partial charge < -0.3 is 4.57 Å². The van der Waals surface area contributed by atoms with Crippen LogP contribution in [-0.4, -0.2) is 44.6 Å². The number of fused-ring (bicyclic) bond motifs is 1. The van der Waals surface area contributed by atoms with Crippen molar-refractivity contribution in [2.75, 3.05) is 5.75 Å². The maximum absolute atomic E-state index is 12.7. The van der Waals surface area contributed by atoms with Gasteiger partial charge in [-0.15, -0.1) is 5.10 Å². The minimum atomic E-state index is -0.365. The summed E-state index contributed by atoms with van der Waals surface area (Å²) >= 11 is 1.48. The Hall–Kier alpha value is -3.21. The number of aryl methyl sites for hydroxylation is 2. The molecule has 4 rings (SSSR count). The minimum absolute atomic E-state index is 0.312. The first-order valence-corrected chi connectivity index (χ1v) is 9.64. The van der Waals surface area contributed by atoms with E-state index in [9.17, 15) is 9.59 Å². The van der Waals surface area contributed by atoms with Gasteiger partial charge in [0.1, 0.15) is 0 Å². The van der Waals surface area contributed by atoms with E-state index in [0.29, 0.717) is 35.0 Å². The molecule has 0 aliphatic rings. The highest BCUT2D eigenvalue weighted by atomic mass is 32.2. The molecular formula is C17H18N8O2S. The number of aromatic nitrogens is 8. The normalized spacial score (nSPS) is 11.4. The van der Waals surface area contributed by atoms with Crippen molar-refractivity contribution in [2.45, 2.75) is 18.1 Å². The molecular weight excluding hydrogens is 380 g/mol. The smallest absolute Gasteiger partial charge is 0.328 e. The Bertz CT molecular complexity index is 1240. The Balaban J connectivity index is 1.49. The average Bonchev–Trinajstić information content (AvgIpc) is 3.33. The molecule has 3 heterocycles. The fraction of sp³-hybridized carbons (Fsp3) is 0.294. The van der Waals surface area contributed by atoms with E-state index in [2.05, 4.69) is 20.5 Å². The SMILES string of the molecule is Cn1cnc2c1c(=O)n(CCCSc1nnnn1-c1ccccc1)c(=O)n2C. The van der Waals surface area contributed by atoms with Crippen molar-refractivity contribution in [1.29, 1.82) is 0 Å². The van der Waals surface area contributed by atoms with Gasteiger partial charge in [-0.2, -0.15) is 4.68 Å². The first-order valence-electron chi connectivity index (χ1n) is 8.65. The Kier molecular flexibility index (Phi) is 4.82. The highest BCUT2D eigenvalue weighted by molar-refractivity contribution is 7.99. The number of thioether (sulfide) groups is 1. The van der Waals surface area contributed by atoms with Gasteiger partial charge in [-0.05, 0) is 29.0 Å². The lowest BCUT2D eigenvalue weighted by atomic mass is 10.3. The van der Waals surface area contributed by atoms with E-state index < -0.39 is 0 Å². The van der Waals surface area contributed by atoms with Crippen molar-refractivity contribution in [3.63, 3.8) is 0 Å². The maximum Gasteiger partial charge on any atom is 0.332 e. The van der Waals surface area contributed by atoms with E-state index >= 15 is 0 Å². The van der Waals surface area contributed by atoms with Crippen LogP contribution in [0.15, 0.2) is 51.4 Å². The number of rotatable bonds is 6. The van der Waals surface area contributed by atoms with Crippen molar-refractivity contribution in [3.8, 4) is 5.69 Å². The fourth-order valence-corrected chi connectivity index (χ4v) is 3.79. The quantitative estimate of drug-likeness (QED) is 0.346. The minimum Gasteiger partial charge on any atom is -0.328 e. The Morgan fingerprint density at radius 3 is 2.68 bits per heavy atom. The summed E-state index contributed by atoms with van der Waals surface area (Å²) < 4.78 is 5.96. The summed E-state index contributed by atoms with van der Waals surface area (Å²) in [6, 6.07) is 9.61. The highest BCUT2D eigenvalue weighted by Gasteiger charge is 2.15. The molecule has 0 spiro atoms. The summed E-state index contributed by atoms with van der Waals surface area (Å²) in [4.78, 5) is 29.3. The van der Waals surface area contributed by atoms with E-state index in [1.54, 1.807) is 23.3 Å². The molecule has 0 radical (unpaired) electrons. The molecule has 144 valence electrons. The zero-order valence-electron chi connectivity index (χ0n) is 15.4. The molecule has 0 bridgehead atoms. The molecule has 0 saturated heterocycles. The second-order valence-electron chi connectivity index (χ2n) is 6.24. The number of tetrazole rings is 1. The average molecular weight is 398 g/mol. The van der Waals surface area contributed by atoms with Gasteiger partial charge in [0.05, 0.1) is 12.0 Å². The molecule has 11 heteroatoms. The van der Waals surface area contributed by atoms with Crippen molar-refractivity contribution in [1.82, 2.24) is 38.9 Å². The van der Waals surface area contributed by atoms with Crippen LogP contribution in [0.2, 0.25) is 0 Å². The molecule has 4 aromatic rings. The Labute approximate surface area is 163 Å². The number of benzene rings is 1. The highest BCUT2D eigenvalue weighted by Crippen LogP contribution is 2.18. The molecule has 28 heavy (non-hydrogen) atoms. The molecule has 1 aromatic carbocycles. The van der Waals surface area contributed by atoms with E-state index in [4.69, 9.17) is 0 Å². The van der Waals surface area contributed by atoms with Gasteiger partial charge in [0.25, 0.3) is 5.56 Å². The van der Waals surface area contributed by atoms with Crippen LogP contribution in [0.3, 0.4) is 0 Å². The third-order valence-electron chi connectivity index (χ3n) is 4.40. The lowest BCUT2D eigenvalue weighted by Gasteiger charge is -2.08. The summed E-state index contributed by atoms with van der Waals surface area (Å²) in [5.74, 6) is 0.659. The monoisotopic (exact) mass is 398 g/mol. The number of para-hydroxylation sites is 1. The molecule has 10 nitrogen and oxygen atoms in total. The zero-order valence-corrected chi connectivity index (χ0v) is 16.2. The molecule has 0 amide bonds. The molecule has 0 aliphatic carbocycles. The van der Waals surface area contributed by atoms with E-state index in [-0.39, 0.29) is 11.2 Å². The number of hydrogen-bond donors (Lipinski definition) is 0. The zero-order chi connectivity index (χ0) is 19.7. The summed E-state index contributed by atoms with van der Waals surface area (Å²) in [7, 11) is 3.36. The first-order chi connectivity index (χ1) is 13.6. The van der Waals surface area contributed by atoms with Crippen LogP contribution in [0.5, 0.6) is 0 Å². The second kappa shape index (κ2) is 7.43. The molecule has 0 atom stereocenters. The Morgan fingerprint density at radius 2 is 1.89 bits per heavy atom.